The van der Waals surface area contributed by atoms with Gasteiger partial charge in [-0.1, -0.05) is 135 Å². The third-order valence-corrected chi connectivity index (χ3v) is 11.4. The van der Waals surface area contributed by atoms with Crippen LogP contribution in [0.3, 0.4) is 0 Å². The Morgan fingerprint density at radius 2 is 1.50 bits per heavy atom. The second-order valence-corrected chi connectivity index (χ2v) is 14.9. The molecule has 1 aliphatic heterocycles. The second kappa shape index (κ2) is 12.1. The average Bonchev–Trinajstić information content (AvgIpc) is 3.65. The van der Waals surface area contributed by atoms with E-state index in [9.17, 15) is 0 Å². The van der Waals surface area contributed by atoms with Gasteiger partial charge in [-0.15, -0.1) is 0 Å². The molecule has 0 fully saturated rings. The molecule has 4 heteroatoms. The molecule has 2 heterocycles. The van der Waals surface area contributed by atoms with E-state index in [4.69, 9.17) is 9.98 Å². The van der Waals surface area contributed by atoms with Crippen LogP contribution in [-0.4, -0.2) is 16.2 Å². The van der Waals surface area contributed by atoms with Gasteiger partial charge in [-0.25, -0.2) is 9.98 Å². The van der Waals surface area contributed by atoms with Crippen LogP contribution in [0.2, 0.25) is 0 Å². The lowest BCUT2D eigenvalue weighted by molar-refractivity contribution is 0.661. The molecular formula is C48H40N4. The van der Waals surface area contributed by atoms with Crippen LogP contribution >= 0.6 is 0 Å². The Bertz CT molecular complexity index is 2590. The third kappa shape index (κ3) is 4.97. The summed E-state index contributed by atoms with van der Waals surface area (Å²) in [4.78, 5) is 10.4. The molecule has 0 bridgehead atoms. The zero-order valence-corrected chi connectivity index (χ0v) is 29.6. The van der Waals surface area contributed by atoms with Gasteiger partial charge in [0.25, 0.3) is 0 Å². The lowest BCUT2D eigenvalue weighted by atomic mass is 9.82. The van der Waals surface area contributed by atoms with Gasteiger partial charge in [0.2, 0.25) is 0 Å². The predicted molar refractivity (Wildman–Crippen MR) is 218 cm³/mol. The van der Waals surface area contributed by atoms with Crippen LogP contribution in [0.1, 0.15) is 56.0 Å². The molecule has 2 unspecified atom stereocenters. The van der Waals surface area contributed by atoms with Crippen molar-refractivity contribution in [3.05, 3.63) is 174 Å². The fourth-order valence-electron chi connectivity index (χ4n) is 8.71. The first-order chi connectivity index (χ1) is 25.5. The maximum absolute atomic E-state index is 5.27. The van der Waals surface area contributed by atoms with E-state index in [0.29, 0.717) is 0 Å². The monoisotopic (exact) mass is 672 g/mol. The van der Waals surface area contributed by atoms with Gasteiger partial charge >= 0.3 is 0 Å². The number of benzene rings is 5. The molecule has 52 heavy (non-hydrogen) atoms. The molecule has 1 N–H and O–H groups in total. The fourth-order valence-corrected chi connectivity index (χ4v) is 8.71. The summed E-state index contributed by atoms with van der Waals surface area (Å²) < 4.78 is 2.50. The molecule has 2 atom stereocenters. The molecule has 0 saturated carbocycles. The highest BCUT2D eigenvalue weighted by Crippen LogP contribution is 2.51. The van der Waals surface area contributed by atoms with Gasteiger partial charge in [-0.2, -0.15) is 0 Å². The molecule has 4 aliphatic rings. The number of aromatic nitrogens is 1. The van der Waals surface area contributed by atoms with Gasteiger partial charge in [0.05, 0.1) is 11.0 Å². The number of hydrogen-bond donors (Lipinski definition) is 1. The molecular weight excluding hydrogens is 633 g/mol. The van der Waals surface area contributed by atoms with Crippen LogP contribution in [0.5, 0.6) is 0 Å². The summed E-state index contributed by atoms with van der Waals surface area (Å²) in [6, 6.07) is 42.1. The van der Waals surface area contributed by atoms with Gasteiger partial charge in [0.15, 0.2) is 6.17 Å². The Kier molecular flexibility index (Phi) is 7.14. The van der Waals surface area contributed by atoms with E-state index >= 15 is 0 Å². The van der Waals surface area contributed by atoms with E-state index in [0.717, 1.165) is 36.5 Å². The molecule has 6 aromatic rings. The van der Waals surface area contributed by atoms with E-state index in [2.05, 4.69) is 175 Å². The molecule has 5 aromatic carbocycles. The number of nitrogens with zero attached hydrogens (tertiary/aromatic N) is 3. The largest absolute Gasteiger partial charge is 0.328 e. The first kappa shape index (κ1) is 30.8. The highest BCUT2D eigenvalue weighted by atomic mass is 15.2. The third-order valence-electron chi connectivity index (χ3n) is 11.4. The number of amidine groups is 2. The smallest absolute Gasteiger partial charge is 0.169 e. The maximum atomic E-state index is 5.27. The Balaban J connectivity index is 1.14. The maximum Gasteiger partial charge on any atom is 0.169 e. The van der Waals surface area contributed by atoms with E-state index in [-0.39, 0.29) is 17.5 Å². The standard InChI is InChI=1S/C48H40N4/c1-48(2)41-24-13-12-23-37(41)38-29-40-39-28-34(31-15-6-3-7-16-31)25-26-43(39)52(44(40)30-42(38)48)36-22-14-21-35(27-36)47-50-45(32-17-8-4-9-18-32)49-46(51-47)33-19-10-5-11-20-33/h3-13,15-19,22-30,33,45H,14,20-21H2,1-2H3,(H,49,50,51). The van der Waals surface area contributed by atoms with Crippen LogP contribution in [0, 0.1) is 5.92 Å². The van der Waals surface area contributed by atoms with Crippen LogP contribution in [0.15, 0.2) is 167 Å². The SMILES string of the molecule is CC1(C)c2ccccc2-c2cc3c4cc(-c5ccccc5)ccc4n(C4=CCCC(C5=NC(c6ccccc6)N=C(C6C=CC=CC6)N5)=C4)c3cc21. The van der Waals surface area contributed by atoms with Crippen LogP contribution in [0.4, 0.5) is 0 Å². The number of fused-ring (bicyclic) bond motifs is 6. The Morgan fingerprint density at radius 1 is 0.712 bits per heavy atom. The molecule has 4 nitrogen and oxygen atoms in total. The average molecular weight is 673 g/mol. The van der Waals surface area contributed by atoms with Crippen molar-refractivity contribution < 1.29 is 0 Å². The van der Waals surface area contributed by atoms with Gasteiger partial charge in [0.1, 0.15) is 11.7 Å². The van der Waals surface area contributed by atoms with Crippen LogP contribution in [-0.2, 0) is 5.41 Å². The zero-order chi connectivity index (χ0) is 34.8. The molecule has 252 valence electrons. The van der Waals surface area contributed by atoms with Crippen molar-refractivity contribution in [3.8, 4) is 22.3 Å². The van der Waals surface area contributed by atoms with Crippen LogP contribution in [0.25, 0.3) is 49.8 Å². The lowest BCUT2D eigenvalue weighted by Crippen LogP contribution is -2.40. The Hall–Kier alpha value is -6.00. The minimum Gasteiger partial charge on any atom is -0.328 e. The van der Waals surface area contributed by atoms with Crippen molar-refractivity contribution in [2.24, 2.45) is 15.9 Å². The number of rotatable bonds is 5. The number of aliphatic imine (C=N–C) groups is 2. The van der Waals surface area contributed by atoms with Crippen molar-refractivity contribution in [1.82, 2.24) is 9.88 Å². The molecule has 0 spiro atoms. The number of allylic oxidation sites excluding steroid dienone is 6. The van der Waals surface area contributed by atoms with Gasteiger partial charge < -0.3 is 9.88 Å². The summed E-state index contributed by atoms with van der Waals surface area (Å²) in [5.74, 6) is 2.11. The lowest BCUT2D eigenvalue weighted by Gasteiger charge is -2.28. The quantitative estimate of drug-likeness (QED) is 0.195. The minimum absolute atomic E-state index is 0.0930. The molecule has 0 radical (unpaired) electrons. The number of hydrogen-bond acceptors (Lipinski definition) is 3. The number of nitrogens with one attached hydrogen (secondary N) is 1. The summed E-state index contributed by atoms with van der Waals surface area (Å²) in [5, 5.41) is 6.28. The van der Waals surface area contributed by atoms with E-state index < -0.39 is 0 Å². The van der Waals surface area contributed by atoms with Gasteiger partial charge in [0, 0.05) is 27.8 Å². The summed E-state index contributed by atoms with van der Waals surface area (Å²) >= 11 is 0. The highest BCUT2D eigenvalue weighted by molar-refractivity contribution is 6.15. The van der Waals surface area contributed by atoms with Crippen molar-refractivity contribution in [3.63, 3.8) is 0 Å². The van der Waals surface area contributed by atoms with Crippen molar-refractivity contribution in [2.45, 2.75) is 44.7 Å². The van der Waals surface area contributed by atoms with Crippen molar-refractivity contribution >= 4 is 39.2 Å². The topological polar surface area (TPSA) is 41.7 Å². The summed E-state index contributed by atoms with van der Waals surface area (Å²) in [6.07, 6.45) is 16.0. The normalized spacial score (nSPS) is 20.1. The summed E-state index contributed by atoms with van der Waals surface area (Å²) in [7, 11) is 0. The minimum atomic E-state index is -0.280. The Labute approximate surface area is 305 Å². The van der Waals surface area contributed by atoms with Crippen molar-refractivity contribution in [1.29, 1.82) is 0 Å². The van der Waals surface area contributed by atoms with E-state index in [1.165, 1.54) is 66.5 Å². The van der Waals surface area contributed by atoms with Crippen LogP contribution < -0.4 is 5.32 Å². The predicted octanol–water partition coefficient (Wildman–Crippen LogP) is 11.6. The fraction of sp³-hybridized carbons (Fsp3) is 0.167. The zero-order valence-electron chi connectivity index (χ0n) is 29.6. The second-order valence-electron chi connectivity index (χ2n) is 14.9. The molecule has 0 amide bonds. The summed E-state index contributed by atoms with van der Waals surface area (Å²) in [6.45, 7) is 4.74. The van der Waals surface area contributed by atoms with Gasteiger partial charge in [-0.05, 0) is 94.1 Å². The Morgan fingerprint density at radius 3 is 2.33 bits per heavy atom. The summed E-state index contributed by atoms with van der Waals surface area (Å²) in [5.41, 5.74) is 13.8. The molecule has 1 aromatic heterocycles. The molecule has 10 rings (SSSR count). The van der Waals surface area contributed by atoms with E-state index in [1.807, 2.05) is 0 Å². The highest BCUT2D eigenvalue weighted by Gasteiger charge is 2.36. The first-order valence-corrected chi connectivity index (χ1v) is 18.5. The van der Waals surface area contributed by atoms with Crippen molar-refractivity contribution in [2.75, 3.05) is 0 Å². The molecule has 0 saturated heterocycles. The molecule has 3 aliphatic carbocycles. The van der Waals surface area contributed by atoms with E-state index in [1.54, 1.807) is 0 Å². The van der Waals surface area contributed by atoms with Gasteiger partial charge in [-0.3, -0.25) is 0 Å². The first-order valence-electron chi connectivity index (χ1n) is 18.5.